The molecule has 4 heteroatoms. The Balaban J connectivity index is 1.50. The normalized spacial score (nSPS) is 16.2. The van der Waals surface area contributed by atoms with Crippen LogP contribution in [0.5, 0.6) is 0 Å². The fourth-order valence-electron chi connectivity index (χ4n) is 3.76. The summed E-state index contributed by atoms with van der Waals surface area (Å²) in [6, 6.07) is 14.8. The van der Waals surface area contributed by atoms with Crippen LogP contribution in [-0.4, -0.2) is 37.0 Å². The molecule has 1 fully saturated rings. The van der Waals surface area contributed by atoms with Gasteiger partial charge in [0.2, 0.25) is 5.91 Å². The maximum Gasteiger partial charge on any atom is 0.234 e. The Kier molecular flexibility index (Phi) is 6.29. The number of nitrogens with one attached hydrogen (secondary N) is 1. The summed E-state index contributed by atoms with van der Waals surface area (Å²) >= 11 is 0. The van der Waals surface area contributed by atoms with E-state index in [4.69, 9.17) is 4.42 Å². The fourth-order valence-corrected chi connectivity index (χ4v) is 3.76. The van der Waals surface area contributed by atoms with Gasteiger partial charge in [0.1, 0.15) is 5.76 Å². The van der Waals surface area contributed by atoms with E-state index in [1.165, 1.54) is 31.2 Å². The molecule has 1 aromatic carbocycles. The number of rotatable bonds is 8. The molecule has 1 saturated carbocycles. The highest BCUT2D eigenvalue weighted by Crippen LogP contribution is 2.27. The van der Waals surface area contributed by atoms with Gasteiger partial charge in [0, 0.05) is 18.5 Å². The summed E-state index contributed by atoms with van der Waals surface area (Å²) in [4.78, 5) is 14.4. The summed E-state index contributed by atoms with van der Waals surface area (Å²) in [7, 11) is 2.06. The van der Waals surface area contributed by atoms with Crippen LogP contribution in [0.3, 0.4) is 0 Å². The summed E-state index contributed by atoms with van der Waals surface area (Å²) < 4.78 is 5.62. The molecule has 0 saturated heterocycles. The molecule has 1 aromatic heterocycles. The van der Waals surface area contributed by atoms with Crippen molar-refractivity contribution in [2.75, 3.05) is 20.1 Å². The average Bonchev–Trinajstić information content (AvgIpc) is 3.33. The first kappa shape index (κ1) is 17.7. The monoisotopic (exact) mass is 340 g/mol. The SMILES string of the molecule is CN(CC(=O)NCCC(c1ccccc1)c1ccco1)C1CCCC1. The van der Waals surface area contributed by atoms with E-state index in [-0.39, 0.29) is 11.8 Å². The second-order valence-corrected chi connectivity index (χ2v) is 6.97. The van der Waals surface area contributed by atoms with Crippen LogP contribution >= 0.6 is 0 Å². The lowest BCUT2D eigenvalue weighted by Crippen LogP contribution is -2.40. The number of furan rings is 1. The molecule has 0 bridgehead atoms. The number of hydrogen-bond acceptors (Lipinski definition) is 3. The predicted molar refractivity (Wildman–Crippen MR) is 99.5 cm³/mol. The molecule has 25 heavy (non-hydrogen) atoms. The Bertz CT molecular complexity index is 633. The molecule has 0 spiro atoms. The molecule has 2 aromatic rings. The lowest BCUT2D eigenvalue weighted by atomic mass is 9.93. The van der Waals surface area contributed by atoms with Gasteiger partial charge in [-0.2, -0.15) is 0 Å². The third-order valence-electron chi connectivity index (χ3n) is 5.18. The molecule has 1 amide bonds. The van der Waals surface area contributed by atoms with Crippen molar-refractivity contribution in [1.82, 2.24) is 10.2 Å². The second-order valence-electron chi connectivity index (χ2n) is 6.97. The lowest BCUT2D eigenvalue weighted by molar-refractivity contribution is -0.122. The number of benzene rings is 1. The number of carbonyl (C=O) groups excluding carboxylic acids is 1. The topological polar surface area (TPSA) is 45.5 Å². The van der Waals surface area contributed by atoms with Crippen molar-refractivity contribution < 1.29 is 9.21 Å². The molecular formula is C21H28N2O2. The first-order valence-corrected chi connectivity index (χ1v) is 9.29. The number of likely N-dealkylation sites (N-methyl/N-ethyl adjacent to an activating group) is 1. The van der Waals surface area contributed by atoms with Crippen molar-refractivity contribution in [3.05, 3.63) is 60.1 Å². The molecule has 0 radical (unpaired) electrons. The smallest absolute Gasteiger partial charge is 0.234 e. The van der Waals surface area contributed by atoms with Gasteiger partial charge < -0.3 is 9.73 Å². The minimum Gasteiger partial charge on any atom is -0.469 e. The number of amides is 1. The van der Waals surface area contributed by atoms with Crippen LogP contribution in [0.15, 0.2) is 53.1 Å². The maximum absolute atomic E-state index is 12.2. The summed E-state index contributed by atoms with van der Waals surface area (Å²) in [5.41, 5.74) is 1.22. The first-order valence-electron chi connectivity index (χ1n) is 9.29. The maximum atomic E-state index is 12.2. The van der Waals surface area contributed by atoms with Gasteiger partial charge in [-0.05, 0) is 44.0 Å². The highest BCUT2D eigenvalue weighted by atomic mass is 16.3. The van der Waals surface area contributed by atoms with Gasteiger partial charge in [0.15, 0.2) is 0 Å². The molecule has 134 valence electrons. The van der Waals surface area contributed by atoms with E-state index in [0.717, 1.165) is 12.2 Å². The van der Waals surface area contributed by atoms with Crippen LogP contribution < -0.4 is 5.32 Å². The first-order chi connectivity index (χ1) is 12.2. The zero-order valence-corrected chi connectivity index (χ0v) is 15.0. The molecule has 3 rings (SSSR count). The van der Waals surface area contributed by atoms with E-state index in [0.29, 0.717) is 19.1 Å². The average molecular weight is 340 g/mol. The van der Waals surface area contributed by atoms with E-state index < -0.39 is 0 Å². The number of hydrogen-bond donors (Lipinski definition) is 1. The van der Waals surface area contributed by atoms with Gasteiger partial charge in [-0.3, -0.25) is 9.69 Å². The summed E-state index contributed by atoms with van der Waals surface area (Å²) in [5, 5.41) is 3.08. The molecule has 1 aliphatic carbocycles. The van der Waals surface area contributed by atoms with Gasteiger partial charge in [-0.15, -0.1) is 0 Å². The Labute approximate surface area is 150 Å². The minimum absolute atomic E-state index is 0.112. The summed E-state index contributed by atoms with van der Waals surface area (Å²) in [5.74, 6) is 1.23. The lowest BCUT2D eigenvalue weighted by Gasteiger charge is -2.23. The standard InChI is InChI=1S/C21H28N2O2/c1-23(18-10-5-6-11-18)16-21(24)22-14-13-19(20-12-7-15-25-20)17-8-3-2-4-9-17/h2-4,7-9,12,15,18-19H,5-6,10-11,13-14,16H2,1H3,(H,22,24). The fraction of sp³-hybridized carbons (Fsp3) is 0.476. The molecule has 0 aliphatic heterocycles. The highest BCUT2D eigenvalue weighted by Gasteiger charge is 2.21. The van der Waals surface area contributed by atoms with Crippen molar-refractivity contribution in [2.45, 2.75) is 44.1 Å². The van der Waals surface area contributed by atoms with E-state index in [1.54, 1.807) is 6.26 Å². The molecule has 1 aliphatic rings. The van der Waals surface area contributed by atoms with Crippen LogP contribution in [0.25, 0.3) is 0 Å². The third-order valence-corrected chi connectivity index (χ3v) is 5.18. The Morgan fingerprint density at radius 1 is 1.20 bits per heavy atom. The van der Waals surface area contributed by atoms with Gasteiger partial charge in [0.05, 0.1) is 12.8 Å². The van der Waals surface area contributed by atoms with Crippen LogP contribution in [0.4, 0.5) is 0 Å². The predicted octanol–water partition coefficient (Wildman–Crippen LogP) is 3.79. The van der Waals surface area contributed by atoms with Crippen molar-refractivity contribution in [2.24, 2.45) is 0 Å². The van der Waals surface area contributed by atoms with Crippen molar-refractivity contribution in [3.8, 4) is 0 Å². The molecule has 1 atom stereocenters. The number of carbonyl (C=O) groups is 1. The second kappa shape index (κ2) is 8.86. The molecule has 1 heterocycles. The van der Waals surface area contributed by atoms with E-state index in [1.807, 2.05) is 30.3 Å². The number of nitrogens with zero attached hydrogens (tertiary/aromatic N) is 1. The van der Waals surface area contributed by atoms with Gasteiger partial charge in [-0.25, -0.2) is 0 Å². The summed E-state index contributed by atoms with van der Waals surface area (Å²) in [6.07, 6.45) is 7.56. The molecule has 1 unspecified atom stereocenters. The van der Waals surface area contributed by atoms with Crippen molar-refractivity contribution in [3.63, 3.8) is 0 Å². The van der Waals surface area contributed by atoms with Crippen molar-refractivity contribution in [1.29, 1.82) is 0 Å². The van der Waals surface area contributed by atoms with Gasteiger partial charge >= 0.3 is 0 Å². The van der Waals surface area contributed by atoms with Gasteiger partial charge in [0.25, 0.3) is 0 Å². The Morgan fingerprint density at radius 2 is 1.96 bits per heavy atom. The van der Waals surface area contributed by atoms with E-state index >= 15 is 0 Å². The highest BCUT2D eigenvalue weighted by molar-refractivity contribution is 5.78. The van der Waals surface area contributed by atoms with Gasteiger partial charge in [-0.1, -0.05) is 43.2 Å². The zero-order valence-electron chi connectivity index (χ0n) is 15.0. The third kappa shape index (κ3) is 4.95. The Morgan fingerprint density at radius 3 is 2.64 bits per heavy atom. The summed E-state index contributed by atoms with van der Waals surface area (Å²) in [6.45, 7) is 1.14. The van der Waals surface area contributed by atoms with Crippen LogP contribution in [-0.2, 0) is 4.79 Å². The molecule has 1 N–H and O–H groups in total. The quantitative estimate of drug-likeness (QED) is 0.795. The van der Waals surface area contributed by atoms with E-state index in [2.05, 4.69) is 29.4 Å². The molecule has 4 nitrogen and oxygen atoms in total. The van der Waals surface area contributed by atoms with Crippen molar-refractivity contribution >= 4 is 5.91 Å². The van der Waals surface area contributed by atoms with Crippen LogP contribution in [0.1, 0.15) is 49.3 Å². The zero-order chi connectivity index (χ0) is 17.5. The van der Waals surface area contributed by atoms with E-state index in [9.17, 15) is 4.79 Å². The van der Waals surface area contributed by atoms with Crippen LogP contribution in [0.2, 0.25) is 0 Å². The largest absolute Gasteiger partial charge is 0.469 e. The minimum atomic E-state index is 0.112. The molecular weight excluding hydrogens is 312 g/mol. The Hall–Kier alpha value is -2.07. The van der Waals surface area contributed by atoms with Crippen LogP contribution in [0, 0.1) is 0 Å².